The monoisotopic (exact) mass is 440 g/mol. The maximum Gasteiger partial charge on any atom is 0.340 e. The van der Waals surface area contributed by atoms with Crippen molar-refractivity contribution in [2.75, 3.05) is 11.8 Å². The topological polar surface area (TPSA) is 89.3 Å². The Morgan fingerprint density at radius 1 is 1.20 bits per heavy atom. The SMILES string of the molecule is CNSNc1cc(Cc2c(C)c3cc(C)c(Oc4nccs4)cc3oc2=O)ccn1. The van der Waals surface area contributed by atoms with E-state index < -0.39 is 0 Å². The molecule has 0 amide bonds. The Morgan fingerprint density at radius 2 is 2.07 bits per heavy atom. The first-order chi connectivity index (χ1) is 14.5. The number of aromatic nitrogens is 2. The summed E-state index contributed by atoms with van der Waals surface area (Å²) in [7, 11) is 1.82. The number of benzene rings is 1. The predicted molar refractivity (Wildman–Crippen MR) is 121 cm³/mol. The van der Waals surface area contributed by atoms with Crippen molar-refractivity contribution in [2.24, 2.45) is 0 Å². The highest BCUT2D eigenvalue weighted by Crippen LogP contribution is 2.32. The van der Waals surface area contributed by atoms with Crippen molar-refractivity contribution in [3.05, 3.63) is 74.7 Å². The maximum absolute atomic E-state index is 12.8. The van der Waals surface area contributed by atoms with Crippen LogP contribution in [0.25, 0.3) is 11.0 Å². The van der Waals surface area contributed by atoms with E-state index >= 15 is 0 Å². The lowest BCUT2D eigenvalue weighted by Gasteiger charge is -2.12. The van der Waals surface area contributed by atoms with Crippen LogP contribution in [0.1, 0.15) is 22.3 Å². The zero-order chi connectivity index (χ0) is 21.1. The molecule has 0 aliphatic heterocycles. The van der Waals surface area contributed by atoms with Gasteiger partial charge in [0.15, 0.2) is 0 Å². The Hall–Kier alpha value is -2.88. The largest absolute Gasteiger partial charge is 0.430 e. The molecule has 3 heterocycles. The molecule has 9 heteroatoms. The number of hydrogen-bond acceptors (Lipinski definition) is 9. The Balaban J connectivity index is 1.69. The number of ether oxygens (including phenoxy) is 1. The van der Waals surface area contributed by atoms with Gasteiger partial charge < -0.3 is 13.9 Å². The molecule has 0 atom stereocenters. The fraction of sp³-hybridized carbons (Fsp3) is 0.190. The van der Waals surface area contributed by atoms with Crippen molar-refractivity contribution in [2.45, 2.75) is 20.3 Å². The van der Waals surface area contributed by atoms with Gasteiger partial charge in [0.05, 0.1) is 0 Å². The Morgan fingerprint density at radius 3 is 2.83 bits per heavy atom. The molecule has 30 heavy (non-hydrogen) atoms. The zero-order valence-corrected chi connectivity index (χ0v) is 18.3. The highest BCUT2D eigenvalue weighted by atomic mass is 32.2. The molecule has 3 aromatic heterocycles. The second kappa shape index (κ2) is 8.86. The van der Waals surface area contributed by atoms with Crippen LogP contribution in [0.3, 0.4) is 0 Å². The third-order valence-corrected chi connectivity index (χ3v) is 5.82. The zero-order valence-electron chi connectivity index (χ0n) is 16.7. The number of rotatable bonds is 7. The molecule has 0 radical (unpaired) electrons. The van der Waals surface area contributed by atoms with Crippen molar-refractivity contribution in [1.82, 2.24) is 14.7 Å². The van der Waals surface area contributed by atoms with Gasteiger partial charge in [-0.05, 0) is 55.8 Å². The van der Waals surface area contributed by atoms with Gasteiger partial charge in [0, 0.05) is 53.3 Å². The average molecular weight is 441 g/mol. The minimum absolute atomic E-state index is 0.347. The molecule has 0 bridgehead atoms. The van der Waals surface area contributed by atoms with Crippen molar-refractivity contribution < 1.29 is 9.15 Å². The van der Waals surface area contributed by atoms with Gasteiger partial charge in [-0.2, -0.15) is 0 Å². The number of nitrogens with zero attached hydrogens (tertiary/aromatic N) is 2. The molecule has 0 saturated heterocycles. The fourth-order valence-electron chi connectivity index (χ4n) is 3.14. The molecule has 0 spiro atoms. The highest BCUT2D eigenvalue weighted by Gasteiger charge is 2.15. The Labute approximate surface area is 181 Å². The highest BCUT2D eigenvalue weighted by molar-refractivity contribution is 7.98. The summed E-state index contributed by atoms with van der Waals surface area (Å²) >= 11 is 2.74. The van der Waals surface area contributed by atoms with Gasteiger partial charge in [-0.3, -0.25) is 0 Å². The van der Waals surface area contributed by atoms with Gasteiger partial charge in [0.1, 0.15) is 17.2 Å². The van der Waals surface area contributed by atoms with Crippen LogP contribution < -0.4 is 19.8 Å². The van der Waals surface area contributed by atoms with Crippen molar-refractivity contribution in [3.63, 3.8) is 0 Å². The summed E-state index contributed by atoms with van der Waals surface area (Å²) in [6.45, 7) is 3.92. The van der Waals surface area contributed by atoms with Gasteiger partial charge in [-0.25, -0.2) is 19.5 Å². The summed E-state index contributed by atoms with van der Waals surface area (Å²) in [5.74, 6) is 1.34. The molecule has 154 valence electrons. The number of hydrogen-bond donors (Lipinski definition) is 2. The first-order valence-corrected chi connectivity index (χ1v) is 10.9. The summed E-state index contributed by atoms with van der Waals surface area (Å²) < 4.78 is 17.5. The number of anilines is 1. The summed E-state index contributed by atoms with van der Waals surface area (Å²) in [4.78, 5) is 21.2. The van der Waals surface area contributed by atoms with Crippen LogP contribution >= 0.6 is 23.5 Å². The normalized spacial score (nSPS) is 11.0. The van der Waals surface area contributed by atoms with Gasteiger partial charge in [0.25, 0.3) is 5.19 Å². The third kappa shape index (κ3) is 4.33. The molecule has 7 nitrogen and oxygen atoms in total. The third-order valence-electron chi connectivity index (χ3n) is 4.65. The lowest BCUT2D eigenvalue weighted by molar-refractivity contribution is 0.473. The van der Waals surface area contributed by atoms with Gasteiger partial charge in [-0.15, -0.1) is 0 Å². The second-order valence-electron chi connectivity index (χ2n) is 6.64. The molecule has 4 rings (SSSR count). The van der Waals surface area contributed by atoms with E-state index in [9.17, 15) is 4.79 Å². The van der Waals surface area contributed by atoms with Crippen molar-refractivity contribution >= 4 is 40.3 Å². The molecule has 0 saturated carbocycles. The van der Waals surface area contributed by atoms with E-state index in [4.69, 9.17) is 9.15 Å². The molecular formula is C21H20N4O3S2. The van der Waals surface area contributed by atoms with Crippen LogP contribution in [0.4, 0.5) is 5.82 Å². The smallest absolute Gasteiger partial charge is 0.340 e. The number of thiazole rings is 1. The van der Waals surface area contributed by atoms with Crippen LogP contribution in [-0.4, -0.2) is 17.0 Å². The molecule has 0 unspecified atom stereocenters. The van der Waals surface area contributed by atoms with E-state index in [1.807, 2.05) is 44.5 Å². The van der Waals surface area contributed by atoms with E-state index in [-0.39, 0.29) is 5.63 Å². The van der Waals surface area contributed by atoms with Crippen LogP contribution in [-0.2, 0) is 6.42 Å². The number of fused-ring (bicyclic) bond motifs is 1. The summed E-state index contributed by atoms with van der Waals surface area (Å²) in [6, 6.07) is 7.56. The molecule has 1 aromatic carbocycles. The molecule has 2 N–H and O–H groups in total. The lowest BCUT2D eigenvalue weighted by Crippen LogP contribution is -2.11. The summed E-state index contributed by atoms with van der Waals surface area (Å²) in [6.07, 6.45) is 3.87. The number of nitrogens with one attached hydrogen (secondary N) is 2. The quantitative estimate of drug-likeness (QED) is 0.312. The van der Waals surface area contributed by atoms with Gasteiger partial charge >= 0.3 is 5.63 Å². The standard InChI is InChI=1S/C21H20N4O3S2/c1-12-8-15-13(2)16(9-14-4-5-23-19(10-14)25-30-22-3)20(26)27-18(15)11-17(12)28-21-24-6-7-29-21/h4-8,10-11,22H,9H2,1-3H3,(H,23,25). The maximum atomic E-state index is 12.8. The Kier molecular flexibility index (Phi) is 6.03. The van der Waals surface area contributed by atoms with E-state index in [2.05, 4.69) is 19.4 Å². The molecule has 0 fully saturated rings. The Bertz CT molecular complexity index is 1240. The predicted octanol–water partition coefficient (Wildman–Crippen LogP) is 4.84. The van der Waals surface area contributed by atoms with Crippen LogP contribution in [0, 0.1) is 13.8 Å². The lowest BCUT2D eigenvalue weighted by atomic mass is 9.99. The van der Waals surface area contributed by atoms with Crippen LogP contribution in [0.2, 0.25) is 0 Å². The molecule has 4 aromatic rings. The first-order valence-electron chi connectivity index (χ1n) is 9.23. The van der Waals surface area contributed by atoms with E-state index in [0.29, 0.717) is 28.5 Å². The first kappa shape index (κ1) is 20.4. The van der Waals surface area contributed by atoms with Crippen LogP contribution in [0.15, 0.2) is 51.3 Å². The summed E-state index contributed by atoms with van der Waals surface area (Å²) in [5.41, 5.74) is 3.61. The number of pyridine rings is 1. The fourth-order valence-corrected chi connectivity index (χ4v) is 3.96. The number of aryl methyl sites for hydroxylation is 2. The van der Waals surface area contributed by atoms with Crippen LogP contribution in [0.5, 0.6) is 10.9 Å². The van der Waals surface area contributed by atoms with E-state index in [0.717, 1.165) is 27.9 Å². The molecule has 0 aliphatic rings. The van der Waals surface area contributed by atoms with Gasteiger partial charge in [-0.1, -0.05) is 11.3 Å². The summed E-state index contributed by atoms with van der Waals surface area (Å²) in [5, 5.41) is 3.29. The van der Waals surface area contributed by atoms with Gasteiger partial charge in [0.2, 0.25) is 0 Å². The van der Waals surface area contributed by atoms with Crippen molar-refractivity contribution in [3.8, 4) is 10.9 Å². The molecule has 0 aliphatic carbocycles. The van der Waals surface area contributed by atoms with Crippen molar-refractivity contribution in [1.29, 1.82) is 0 Å². The minimum atomic E-state index is -0.347. The van der Waals surface area contributed by atoms with E-state index in [1.54, 1.807) is 18.5 Å². The second-order valence-corrected chi connectivity index (χ2v) is 8.31. The molecular weight excluding hydrogens is 420 g/mol. The average Bonchev–Trinajstić information content (AvgIpc) is 3.24. The van der Waals surface area contributed by atoms with E-state index in [1.165, 1.54) is 23.5 Å². The minimum Gasteiger partial charge on any atom is -0.430 e.